The van der Waals surface area contributed by atoms with Gasteiger partial charge in [-0.2, -0.15) is 0 Å². The van der Waals surface area contributed by atoms with E-state index in [0.717, 1.165) is 10.9 Å². The van der Waals surface area contributed by atoms with Gasteiger partial charge in [-0.15, -0.1) is 0 Å². The van der Waals surface area contributed by atoms with Crippen LogP contribution in [0.1, 0.15) is 45.4 Å². The topological polar surface area (TPSA) is 29.5 Å². The zero-order valence-electron chi connectivity index (χ0n) is 10.7. The molecule has 0 aliphatic heterocycles. The third-order valence-corrected chi connectivity index (χ3v) is 4.00. The van der Waals surface area contributed by atoms with Gasteiger partial charge in [0.05, 0.1) is 6.61 Å². The van der Waals surface area contributed by atoms with E-state index in [1.807, 2.05) is 6.07 Å². The van der Waals surface area contributed by atoms with Gasteiger partial charge >= 0.3 is 0 Å². The molecule has 2 nitrogen and oxygen atoms in total. The summed E-state index contributed by atoms with van der Waals surface area (Å²) in [5.41, 5.74) is 0. The first-order chi connectivity index (χ1) is 8.65. The second kappa shape index (κ2) is 8.81. The molecule has 1 aromatic carbocycles. The molecule has 0 amide bonds. The molecule has 0 saturated carbocycles. The van der Waals surface area contributed by atoms with Crippen molar-refractivity contribution in [2.75, 3.05) is 6.61 Å². The van der Waals surface area contributed by atoms with Gasteiger partial charge in [0.25, 0.3) is 0 Å². The number of unbranched alkanes of at least 4 members (excludes halogenated alkanes) is 5. The lowest BCUT2D eigenvalue weighted by atomic mass is 10.1. The minimum atomic E-state index is 0.197. The Bertz CT molecular complexity index is 367. The van der Waals surface area contributed by atoms with Crippen LogP contribution in [0.3, 0.4) is 0 Å². The van der Waals surface area contributed by atoms with E-state index in [1.165, 1.54) is 32.1 Å². The number of aromatic hydroxyl groups is 1. The smallest absolute Gasteiger partial charge is 0.138 e. The Morgan fingerprint density at radius 2 is 1.72 bits per heavy atom. The number of rotatable bonds is 8. The van der Waals surface area contributed by atoms with Crippen LogP contribution in [0.15, 0.2) is 21.1 Å². The Balaban J connectivity index is 2.27. The van der Waals surface area contributed by atoms with E-state index in [1.54, 1.807) is 6.07 Å². The summed E-state index contributed by atoms with van der Waals surface area (Å²) in [7, 11) is 0. The molecule has 0 saturated heterocycles. The van der Waals surface area contributed by atoms with Crippen molar-refractivity contribution in [3.05, 3.63) is 21.1 Å². The lowest BCUT2D eigenvalue weighted by Gasteiger charge is -2.09. The van der Waals surface area contributed by atoms with Crippen LogP contribution in [0, 0.1) is 0 Å². The second-order valence-electron chi connectivity index (χ2n) is 4.35. The van der Waals surface area contributed by atoms with E-state index in [0.29, 0.717) is 16.8 Å². The van der Waals surface area contributed by atoms with E-state index >= 15 is 0 Å². The quantitative estimate of drug-likeness (QED) is 0.590. The van der Waals surface area contributed by atoms with Crippen LogP contribution in [-0.4, -0.2) is 11.7 Å². The molecular formula is C14H20Br2O2. The fraction of sp³-hybridized carbons (Fsp3) is 0.571. The molecule has 0 aliphatic rings. The molecule has 0 fully saturated rings. The molecule has 0 atom stereocenters. The lowest BCUT2D eigenvalue weighted by molar-refractivity contribution is 0.300. The van der Waals surface area contributed by atoms with Crippen molar-refractivity contribution in [2.24, 2.45) is 0 Å². The highest BCUT2D eigenvalue weighted by molar-refractivity contribution is 9.11. The van der Waals surface area contributed by atoms with Gasteiger partial charge in [0, 0.05) is 4.47 Å². The van der Waals surface area contributed by atoms with Gasteiger partial charge < -0.3 is 9.84 Å². The summed E-state index contributed by atoms with van der Waals surface area (Å²) in [5, 5.41) is 9.62. The van der Waals surface area contributed by atoms with E-state index in [4.69, 9.17) is 4.74 Å². The standard InChI is InChI=1S/C14H20Br2O2/c1-2-3-4-5-6-7-8-18-13-10-11(15)9-12(17)14(13)16/h9-10,17H,2-8H2,1H3. The molecule has 0 bridgehead atoms. The van der Waals surface area contributed by atoms with Crippen molar-refractivity contribution in [2.45, 2.75) is 45.4 Å². The molecule has 0 aromatic heterocycles. The minimum absolute atomic E-state index is 0.197. The van der Waals surface area contributed by atoms with Crippen molar-refractivity contribution in [3.8, 4) is 11.5 Å². The maximum Gasteiger partial charge on any atom is 0.138 e. The predicted octanol–water partition coefficient (Wildman–Crippen LogP) is 5.66. The molecule has 1 rings (SSSR count). The normalized spacial score (nSPS) is 10.6. The lowest BCUT2D eigenvalue weighted by Crippen LogP contribution is -1.98. The van der Waals surface area contributed by atoms with Crippen LogP contribution in [0.5, 0.6) is 11.5 Å². The summed E-state index contributed by atoms with van der Waals surface area (Å²) in [6.45, 7) is 2.92. The average molecular weight is 380 g/mol. The summed E-state index contributed by atoms with van der Waals surface area (Å²) >= 11 is 6.66. The van der Waals surface area contributed by atoms with Crippen molar-refractivity contribution >= 4 is 31.9 Å². The van der Waals surface area contributed by atoms with Crippen LogP contribution in [-0.2, 0) is 0 Å². The van der Waals surface area contributed by atoms with E-state index in [2.05, 4.69) is 38.8 Å². The predicted molar refractivity (Wildman–Crippen MR) is 82.4 cm³/mol. The number of phenols is 1. The largest absolute Gasteiger partial charge is 0.507 e. The first-order valence-electron chi connectivity index (χ1n) is 6.46. The molecule has 0 unspecified atom stereocenters. The van der Waals surface area contributed by atoms with Crippen LogP contribution in [0.4, 0.5) is 0 Å². The van der Waals surface area contributed by atoms with E-state index in [9.17, 15) is 5.11 Å². The third kappa shape index (κ3) is 5.61. The molecule has 0 heterocycles. The minimum Gasteiger partial charge on any atom is -0.507 e. The van der Waals surface area contributed by atoms with Gasteiger partial charge in [0.2, 0.25) is 0 Å². The highest BCUT2D eigenvalue weighted by atomic mass is 79.9. The van der Waals surface area contributed by atoms with Crippen LogP contribution in [0.2, 0.25) is 0 Å². The van der Waals surface area contributed by atoms with Crippen molar-refractivity contribution in [1.29, 1.82) is 0 Å². The molecule has 18 heavy (non-hydrogen) atoms. The van der Waals surface area contributed by atoms with Crippen LogP contribution < -0.4 is 4.74 Å². The number of phenolic OH excluding ortho intramolecular Hbond substituents is 1. The number of benzene rings is 1. The Kier molecular flexibility index (Phi) is 7.75. The number of halogens is 2. The summed E-state index contributed by atoms with van der Waals surface area (Å²) in [6, 6.07) is 3.50. The van der Waals surface area contributed by atoms with Crippen molar-refractivity contribution in [3.63, 3.8) is 0 Å². The molecule has 0 aliphatic carbocycles. The molecule has 1 N–H and O–H groups in total. The second-order valence-corrected chi connectivity index (χ2v) is 6.06. The van der Waals surface area contributed by atoms with Crippen molar-refractivity contribution in [1.82, 2.24) is 0 Å². The van der Waals surface area contributed by atoms with Gasteiger partial charge in [0.1, 0.15) is 16.0 Å². The molecule has 0 radical (unpaired) electrons. The van der Waals surface area contributed by atoms with Crippen molar-refractivity contribution < 1.29 is 9.84 Å². The Labute approximate surface area is 126 Å². The van der Waals surface area contributed by atoms with Gasteiger partial charge in [-0.1, -0.05) is 55.0 Å². The third-order valence-electron chi connectivity index (χ3n) is 2.74. The van der Waals surface area contributed by atoms with Gasteiger partial charge in [-0.05, 0) is 34.5 Å². The van der Waals surface area contributed by atoms with Gasteiger partial charge in [-0.25, -0.2) is 0 Å². The average Bonchev–Trinajstić information content (AvgIpc) is 2.33. The molecular weight excluding hydrogens is 360 g/mol. The summed E-state index contributed by atoms with van der Waals surface area (Å²) in [5.74, 6) is 0.887. The highest BCUT2D eigenvalue weighted by Crippen LogP contribution is 2.36. The van der Waals surface area contributed by atoms with Gasteiger partial charge in [-0.3, -0.25) is 0 Å². The fourth-order valence-corrected chi connectivity index (χ4v) is 2.49. The number of hydrogen-bond donors (Lipinski definition) is 1. The summed E-state index contributed by atoms with van der Waals surface area (Å²) in [6.07, 6.45) is 7.47. The van der Waals surface area contributed by atoms with Gasteiger partial charge in [0.15, 0.2) is 0 Å². The Morgan fingerprint density at radius 1 is 1.06 bits per heavy atom. The molecule has 1 aromatic rings. The zero-order valence-corrected chi connectivity index (χ0v) is 13.9. The van der Waals surface area contributed by atoms with E-state index in [-0.39, 0.29) is 5.75 Å². The molecule has 102 valence electrons. The summed E-state index contributed by atoms with van der Waals surface area (Å²) < 4.78 is 7.11. The first-order valence-corrected chi connectivity index (χ1v) is 8.04. The SMILES string of the molecule is CCCCCCCCOc1cc(Br)cc(O)c1Br. The Hall–Kier alpha value is -0.220. The zero-order chi connectivity index (χ0) is 13.4. The Morgan fingerprint density at radius 3 is 2.44 bits per heavy atom. The first kappa shape index (κ1) is 15.8. The highest BCUT2D eigenvalue weighted by Gasteiger charge is 2.07. The van der Waals surface area contributed by atoms with Crippen LogP contribution >= 0.6 is 31.9 Å². The summed E-state index contributed by atoms with van der Waals surface area (Å²) in [4.78, 5) is 0. The molecule has 4 heteroatoms. The molecule has 0 spiro atoms. The maximum absolute atomic E-state index is 9.62. The number of hydrogen-bond acceptors (Lipinski definition) is 2. The van der Waals surface area contributed by atoms with Crippen LogP contribution in [0.25, 0.3) is 0 Å². The van der Waals surface area contributed by atoms with E-state index < -0.39 is 0 Å². The maximum atomic E-state index is 9.62. The fourth-order valence-electron chi connectivity index (χ4n) is 1.72. The number of ether oxygens (including phenoxy) is 1. The monoisotopic (exact) mass is 378 g/mol.